The lowest BCUT2D eigenvalue weighted by Gasteiger charge is -2.33. The highest BCUT2D eigenvalue weighted by molar-refractivity contribution is 5.93. The van der Waals surface area contributed by atoms with Gasteiger partial charge < -0.3 is 28.6 Å². The predicted octanol–water partition coefficient (Wildman–Crippen LogP) is 1.99. The summed E-state index contributed by atoms with van der Waals surface area (Å²) < 4.78 is 17.5. The van der Waals surface area contributed by atoms with E-state index in [1.54, 1.807) is 26.0 Å². The van der Waals surface area contributed by atoms with Crippen LogP contribution in [-0.4, -0.2) is 86.0 Å². The van der Waals surface area contributed by atoms with E-state index in [1.807, 2.05) is 27.0 Å². The normalized spacial score (nSPS) is 17.6. The first-order valence-electron chi connectivity index (χ1n) is 12.1. The van der Waals surface area contributed by atoms with Gasteiger partial charge in [-0.15, -0.1) is 0 Å². The lowest BCUT2D eigenvalue weighted by atomic mass is 9.91. The van der Waals surface area contributed by atoms with Crippen molar-refractivity contribution in [3.63, 3.8) is 0 Å². The maximum Gasteiger partial charge on any atom is 0.340 e. The molecule has 35 heavy (non-hydrogen) atoms. The van der Waals surface area contributed by atoms with E-state index in [-0.39, 0.29) is 35.9 Å². The lowest BCUT2D eigenvalue weighted by Crippen LogP contribution is -2.50. The number of aryl methyl sites for hydroxylation is 2. The minimum Gasteiger partial charge on any atom is -0.496 e. The number of benzene rings is 1. The Morgan fingerprint density at radius 2 is 1.89 bits per heavy atom. The standard InChI is InChI=1S/C26H35N3O6/c1-16-18(13-21(30)28(5)15-22(31)29-11-9-27(4)10-12-29)25(32)34-24-17-7-8-26(2,3)35-19(17)14-20(33-6)23(16)24/h14H,7-13,15H2,1-6H3. The number of rotatable bonds is 5. The molecule has 0 saturated carbocycles. The highest BCUT2D eigenvalue weighted by Gasteiger charge is 2.31. The minimum atomic E-state index is -0.553. The summed E-state index contributed by atoms with van der Waals surface area (Å²) in [5, 5.41) is 0.674. The van der Waals surface area contributed by atoms with Gasteiger partial charge in [0.2, 0.25) is 11.8 Å². The molecule has 3 heterocycles. The second-order valence-electron chi connectivity index (χ2n) is 10.2. The van der Waals surface area contributed by atoms with Gasteiger partial charge in [-0.1, -0.05) is 0 Å². The first-order valence-corrected chi connectivity index (χ1v) is 12.1. The lowest BCUT2D eigenvalue weighted by molar-refractivity contribution is -0.140. The summed E-state index contributed by atoms with van der Waals surface area (Å²) in [4.78, 5) is 44.0. The van der Waals surface area contributed by atoms with Crippen LogP contribution < -0.4 is 15.1 Å². The third kappa shape index (κ3) is 5.00. The fraction of sp³-hybridized carbons (Fsp3) is 0.577. The smallest absolute Gasteiger partial charge is 0.340 e. The number of fused-ring (bicyclic) bond motifs is 3. The van der Waals surface area contributed by atoms with E-state index in [9.17, 15) is 14.4 Å². The molecule has 0 bridgehead atoms. The van der Waals surface area contributed by atoms with Gasteiger partial charge in [0.05, 0.1) is 31.0 Å². The number of piperazine rings is 1. The molecule has 1 aromatic heterocycles. The highest BCUT2D eigenvalue weighted by Crippen LogP contribution is 2.43. The number of hydrogen-bond donors (Lipinski definition) is 0. The molecule has 0 unspecified atom stereocenters. The number of carbonyl (C=O) groups is 2. The molecule has 0 aliphatic carbocycles. The fourth-order valence-electron chi connectivity index (χ4n) is 4.78. The number of ether oxygens (including phenoxy) is 2. The SMILES string of the molecule is COc1cc2c(c3oc(=O)c(CC(=O)N(C)CC(=O)N4CCN(C)CC4)c(C)c13)CCC(C)(C)O2. The summed E-state index contributed by atoms with van der Waals surface area (Å²) in [6, 6.07) is 1.83. The van der Waals surface area contributed by atoms with Crippen LogP contribution in [0.3, 0.4) is 0 Å². The topological polar surface area (TPSA) is 92.5 Å². The van der Waals surface area contributed by atoms with Gasteiger partial charge in [0.25, 0.3) is 0 Å². The molecule has 0 N–H and O–H groups in total. The van der Waals surface area contributed by atoms with E-state index in [0.29, 0.717) is 47.5 Å². The van der Waals surface area contributed by atoms with Gasteiger partial charge in [-0.3, -0.25) is 9.59 Å². The Hall–Kier alpha value is -3.07. The third-order valence-corrected chi connectivity index (χ3v) is 7.14. The van der Waals surface area contributed by atoms with Crippen molar-refractivity contribution in [3.8, 4) is 11.5 Å². The van der Waals surface area contributed by atoms with Crippen molar-refractivity contribution >= 4 is 22.8 Å². The van der Waals surface area contributed by atoms with Crippen molar-refractivity contribution in [1.82, 2.24) is 14.7 Å². The Kier molecular flexibility index (Phi) is 6.81. The fourth-order valence-corrected chi connectivity index (χ4v) is 4.78. The first-order chi connectivity index (χ1) is 16.5. The van der Waals surface area contributed by atoms with Crippen molar-refractivity contribution in [1.29, 1.82) is 0 Å². The molecular formula is C26H35N3O6. The molecule has 190 valence electrons. The number of methoxy groups -OCH3 is 1. The minimum absolute atomic E-state index is 0.0233. The van der Waals surface area contributed by atoms with Crippen LogP contribution >= 0.6 is 0 Å². The molecule has 9 nitrogen and oxygen atoms in total. The Labute approximate surface area is 205 Å². The molecule has 4 rings (SSSR count). The molecule has 0 spiro atoms. The zero-order valence-corrected chi connectivity index (χ0v) is 21.5. The molecule has 2 aliphatic rings. The van der Waals surface area contributed by atoms with Gasteiger partial charge in [0.1, 0.15) is 22.7 Å². The molecule has 1 fully saturated rings. The molecule has 0 radical (unpaired) electrons. The van der Waals surface area contributed by atoms with Crippen LogP contribution in [0, 0.1) is 6.92 Å². The second kappa shape index (κ2) is 9.53. The van der Waals surface area contributed by atoms with Gasteiger partial charge in [-0.05, 0) is 46.2 Å². The summed E-state index contributed by atoms with van der Waals surface area (Å²) in [5.74, 6) is 0.779. The van der Waals surface area contributed by atoms with Gasteiger partial charge in [-0.25, -0.2) is 4.79 Å². The quantitative estimate of drug-likeness (QED) is 0.598. The van der Waals surface area contributed by atoms with Crippen LogP contribution in [0.4, 0.5) is 0 Å². The molecule has 0 atom stereocenters. The largest absolute Gasteiger partial charge is 0.496 e. The van der Waals surface area contributed by atoms with Crippen molar-refractivity contribution in [2.75, 3.05) is 53.9 Å². The Morgan fingerprint density at radius 3 is 2.54 bits per heavy atom. The van der Waals surface area contributed by atoms with Crippen LogP contribution in [0.2, 0.25) is 0 Å². The van der Waals surface area contributed by atoms with Gasteiger partial charge in [0, 0.05) is 44.9 Å². The second-order valence-corrected chi connectivity index (χ2v) is 10.2. The summed E-state index contributed by atoms with van der Waals surface area (Å²) in [6.45, 7) is 8.75. The maximum absolute atomic E-state index is 13.0. The number of hydrogen-bond acceptors (Lipinski definition) is 7. The summed E-state index contributed by atoms with van der Waals surface area (Å²) in [5.41, 5.74) is 1.34. The van der Waals surface area contributed by atoms with Gasteiger partial charge >= 0.3 is 5.63 Å². The van der Waals surface area contributed by atoms with Crippen molar-refractivity contribution in [2.45, 2.75) is 45.6 Å². The first kappa shape index (κ1) is 25.0. The Balaban J connectivity index is 1.59. The number of carbonyl (C=O) groups excluding carboxylic acids is 2. The average Bonchev–Trinajstić information content (AvgIpc) is 2.80. The maximum atomic E-state index is 13.0. The van der Waals surface area contributed by atoms with Crippen LogP contribution in [0.1, 0.15) is 37.0 Å². The van der Waals surface area contributed by atoms with Gasteiger partial charge in [0.15, 0.2) is 0 Å². The molecule has 9 heteroatoms. The molecule has 1 aromatic carbocycles. The van der Waals surface area contributed by atoms with Crippen LogP contribution in [0.5, 0.6) is 11.5 Å². The van der Waals surface area contributed by atoms with Crippen LogP contribution in [0.25, 0.3) is 11.0 Å². The van der Waals surface area contributed by atoms with E-state index >= 15 is 0 Å². The summed E-state index contributed by atoms with van der Waals surface area (Å²) >= 11 is 0. The average molecular weight is 486 g/mol. The highest BCUT2D eigenvalue weighted by atomic mass is 16.5. The van der Waals surface area contributed by atoms with Crippen molar-refractivity contribution in [2.24, 2.45) is 0 Å². The third-order valence-electron chi connectivity index (χ3n) is 7.14. The summed E-state index contributed by atoms with van der Waals surface area (Å²) in [7, 11) is 5.17. The number of amides is 2. The van der Waals surface area contributed by atoms with E-state index in [1.165, 1.54) is 4.90 Å². The van der Waals surface area contributed by atoms with E-state index in [2.05, 4.69) is 4.90 Å². The van der Waals surface area contributed by atoms with Crippen LogP contribution in [-0.2, 0) is 22.4 Å². The molecule has 1 saturated heterocycles. The number of nitrogens with zero attached hydrogens (tertiary/aromatic N) is 3. The zero-order chi connectivity index (χ0) is 25.5. The molecule has 2 aromatic rings. The van der Waals surface area contributed by atoms with Crippen LogP contribution in [0.15, 0.2) is 15.3 Å². The van der Waals surface area contributed by atoms with Gasteiger partial charge in [-0.2, -0.15) is 0 Å². The molecule has 2 aliphatic heterocycles. The Morgan fingerprint density at radius 1 is 1.20 bits per heavy atom. The van der Waals surface area contributed by atoms with E-state index in [4.69, 9.17) is 13.9 Å². The van der Waals surface area contributed by atoms with E-state index in [0.717, 1.165) is 25.1 Å². The van der Waals surface area contributed by atoms with Crippen molar-refractivity contribution in [3.05, 3.63) is 33.2 Å². The molecular weight excluding hydrogens is 450 g/mol. The number of likely N-dealkylation sites (N-methyl/N-ethyl adjacent to an activating group) is 2. The van der Waals surface area contributed by atoms with E-state index < -0.39 is 5.63 Å². The zero-order valence-electron chi connectivity index (χ0n) is 21.5. The van der Waals surface area contributed by atoms with Crippen molar-refractivity contribution < 1.29 is 23.5 Å². The monoisotopic (exact) mass is 485 g/mol. The predicted molar refractivity (Wildman–Crippen MR) is 132 cm³/mol. The summed E-state index contributed by atoms with van der Waals surface area (Å²) in [6.07, 6.45) is 1.34. The molecule has 2 amide bonds. The Bertz CT molecular complexity index is 1210.